The van der Waals surface area contributed by atoms with Crippen molar-refractivity contribution in [3.05, 3.63) is 108 Å². The van der Waals surface area contributed by atoms with E-state index >= 15 is 0 Å². The fraction of sp³-hybridized carbons (Fsp3) is 0.488. The fourth-order valence-electron chi connectivity index (χ4n) is 3.61. The Hall–Kier alpha value is -3.33. The summed E-state index contributed by atoms with van der Waals surface area (Å²) in [5.74, 6) is 0.571. The van der Waals surface area contributed by atoms with Crippen LogP contribution in [0.5, 0.6) is 0 Å². The molecule has 1 aromatic heterocycles. The zero-order chi connectivity index (χ0) is 34.6. The minimum absolute atomic E-state index is 0.571. The van der Waals surface area contributed by atoms with Gasteiger partial charge in [-0.3, -0.25) is 15.0 Å². The molecular formula is C41H69N3. The van der Waals surface area contributed by atoms with Gasteiger partial charge in [-0.05, 0) is 82.7 Å². The molecule has 0 saturated carbocycles. The molecule has 3 nitrogen and oxygen atoms in total. The van der Waals surface area contributed by atoms with E-state index in [-0.39, 0.29) is 0 Å². The monoisotopic (exact) mass is 604 g/mol. The highest BCUT2D eigenvalue weighted by Crippen LogP contribution is 2.19. The summed E-state index contributed by atoms with van der Waals surface area (Å²) in [6.07, 6.45) is 19.1. The van der Waals surface area contributed by atoms with Crippen molar-refractivity contribution in [1.29, 1.82) is 0 Å². The number of aromatic nitrogens is 1. The minimum Gasteiger partial charge on any atom is -0.296 e. The molecule has 2 aromatic rings. The lowest BCUT2D eigenvalue weighted by atomic mass is 9.91. The average Bonchev–Trinajstić information content (AvgIpc) is 3.04. The van der Waals surface area contributed by atoms with Gasteiger partial charge in [0, 0.05) is 43.0 Å². The quantitative estimate of drug-likeness (QED) is 0.197. The molecule has 0 amide bonds. The molecule has 0 spiro atoms. The van der Waals surface area contributed by atoms with Crippen LogP contribution >= 0.6 is 0 Å². The van der Waals surface area contributed by atoms with Crippen LogP contribution < -0.4 is 0 Å². The van der Waals surface area contributed by atoms with Crippen LogP contribution in [0.25, 0.3) is 6.08 Å². The first-order valence-electron chi connectivity index (χ1n) is 16.6. The molecule has 0 bridgehead atoms. The molecule has 0 saturated heterocycles. The van der Waals surface area contributed by atoms with Gasteiger partial charge in [-0.25, -0.2) is 0 Å². The molecule has 0 aliphatic heterocycles. The number of hydrogen-bond acceptors (Lipinski definition) is 3. The van der Waals surface area contributed by atoms with Crippen molar-refractivity contribution in [1.82, 2.24) is 4.98 Å². The van der Waals surface area contributed by atoms with E-state index in [0.717, 1.165) is 17.7 Å². The second-order valence-electron chi connectivity index (χ2n) is 10.0. The Kier molecular flexibility index (Phi) is 40.8. The topological polar surface area (TPSA) is 37.6 Å². The second-order valence-corrected chi connectivity index (χ2v) is 10.0. The van der Waals surface area contributed by atoms with E-state index in [1.54, 1.807) is 13.2 Å². The van der Waals surface area contributed by atoms with Crippen molar-refractivity contribution in [2.45, 2.75) is 122 Å². The maximum absolute atomic E-state index is 4.90. The van der Waals surface area contributed by atoms with E-state index < -0.39 is 0 Å². The molecule has 0 aliphatic rings. The third-order valence-corrected chi connectivity index (χ3v) is 5.61. The van der Waals surface area contributed by atoms with Crippen LogP contribution in [0.15, 0.2) is 107 Å². The summed E-state index contributed by atoms with van der Waals surface area (Å²) in [5, 5.41) is 0. The second kappa shape index (κ2) is 37.7. The fourth-order valence-corrected chi connectivity index (χ4v) is 3.61. The average molecular weight is 604 g/mol. The van der Waals surface area contributed by atoms with Crippen molar-refractivity contribution >= 4 is 18.0 Å². The molecule has 3 heteroatoms. The van der Waals surface area contributed by atoms with E-state index in [9.17, 15) is 0 Å². The summed E-state index contributed by atoms with van der Waals surface area (Å²) in [4.78, 5) is 12.9. The first-order valence-corrected chi connectivity index (χ1v) is 16.6. The maximum atomic E-state index is 4.90. The molecule has 2 rings (SSSR count). The predicted molar refractivity (Wildman–Crippen MR) is 206 cm³/mol. The Bertz CT molecular complexity index is 1000. The molecule has 0 atom stereocenters. The third kappa shape index (κ3) is 30.1. The van der Waals surface area contributed by atoms with E-state index in [1.165, 1.54) is 54.5 Å². The van der Waals surface area contributed by atoms with Crippen molar-refractivity contribution in [2.75, 3.05) is 7.05 Å². The van der Waals surface area contributed by atoms with Gasteiger partial charge >= 0.3 is 0 Å². The summed E-state index contributed by atoms with van der Waals surface area (Å²) >= 11 is 0. The molecule has 0 unspecified atom stereocenters. The number of aliphatic imine (C=N–C) groups is 2. The molecule has 1 aromatic carbocycles. The van der Waals surface area contributed by atoms with Crippen molar-refractivity contribution < 1.29 is 0 Å². The number of hydrogen-bond donors (Lipinski definition) is 0. The number of allylic oxidation sites excluding steroid dienone is 5. The van der Waals surface area contributed by atoms with Crippen LogP contribution in [-0.2, 0) is 6.42 Å². The number of nitrogens with zero attached hydrogens (tertiary/aromatic N) is 3. The number of benzene rings is 1. The Morgan fingerprint density at radius 2 is 1.41 bits per heavy atom. The Morgan fingerprint density at radius 3 is 1.77 bits per heavy atom. The van der Waals surface area contributed by atoms with Crippen molar-refractivity contribution in [3.63, 3.8) is 0 Å². The lowest BCUT2D eigenvalue weighted by molar-refractivity contribution is 0.559. The molecule has 0 fully saturated rings. The molecule has 44 heavy (non-hydrogen) atoms. The number of rotatable bonds is 10. The van der Waals surface area contributed by atoms with Gasteiger partial charge in [-0.1, -0.05) is 122 Å². The molecule has 1 heterocycles. The minimum atomic E-state index is 0.571. The molecule has 248 valence electrons. The summed E-state index contributed by atoms with van der Waals surface area (Å²) in [6.45, 7) is 31.3. The molecule has 0 radical (unpaired) electrons. The highest BCUT2D eigenvalue weighted by Gasteiger charge is 2.13. The van der Waals surface area contributed by atoms with Crippen molar-refractivity contribution in [3.8, 4) is 0 Å². The predicted octanol–water partition coefficient (Wildman–Crippen LogP) is 13.2. The molecular weight excluding hydrogens is 534 g/mol. The van der Waals surface area contributed by atoms with Gasteiger partial charge in [0.15, 0.2) is 0 Å². The van der Waals surface area contributed by atoms with Crippen molar-refractivity contribution in [2.24, 2.45) is 15.9 Å². The van der Waals surface area contributed by atoms with Gasteiger partial charge in [0.1, 0.15) is 0 Å². The van der Waals surface area contributed by atoms with Crippen LogP contribution in [0.3, 0.4) is 0 Å². The molecule has 0 aliphatic carbocycles. The first kappa shape index (κ1) is 47.6. The van der Waals surface area contributed by atoms with Crippen LogP contribution in [0, 0.1) is 5.92 Å². The van der Waals surface area contributed by atoms with E-state index in [4.69, 9.17) is 4.99 Å². The van der Waals surface area contributed by atoms with Gasteiger partial charge in [0.05, 0.1) is 0 Å². The Labute approximate surface area is 275 Å². The van der Waals surface area contributed by atoms with Gasteiger partial charge in [-0.2, -0.15) is 0 Å². The SMILES string of the molecule is C/C=C/c1ccccc1.C=C.CC.CCC.CCCC(CCC)C(C=C(C)C)=N/C(C)=C(\C)C=NC.CCc1cccnc1. The lowest BCUT2D eigenvalue weighted by Gasteiger charge is -2.17. The van der Waals surface area contributed by atoms with Crippen LogP contribution in [0.4, 0.5) is 0 Å². The van der Waals surface area contributed by atoms with Crippen LogP contribution in [0.1, 0.15) is 126 Å². The van der Waals surface area contributed by atoms with E-state index in [2.05, 4.69) is 116 Å². The van der Waals surface area contributed by atoms with Gasteiger partial charge in [0.2, 0.25) is 0 Å². The Balaban J connectivity index is -0.000000273. The highest BCUT2D eigenvalue weighted by molar-refractivity contribution is 5.98. The normalized spacial score (nSPS) is 10.7. The van der Waals surface area contributed by atoms with Gasteiger partial charge < -0.3 is 0 Å². The zero-order valence-corrected chi connectivity index (χ0v) is 31.1. The summed E-state index contributed by atoms with van der Waals surface area (Å²) in [6, 6.07) is 14.3. The van der Waals surface area contributed by atoms with E-state index in [1.807, 2.05) is 63.5 Å². The summed E-state index contributed by atoms with van der Waals surface area (Å²) < 4.78 is 0. The lowest BCUT2D eigenvalue weighted by Crippen LogP contribution is -2.13. The maximum Gasteiger partial charge on any atom is 0.0437 e. The van der Waals surface area contributed by atoms with E-state index in [0.29, 0.717) is 5.92 Å². The standard InChI is InChI=1S/C18H32N2.C9H10.C7H9N.C3H8.C2H6.C2H4/c1-8-10-17(11-9-2)18(12-14(3)4)20-16(6)15(5)13-19-7;1-2-6-9-7-4-3-5-8-9;1-2-7-4-3-5-8-6-7;1-3-2;2*1-2/h12-13,17H,8-11H2,1-7H3;2-8H,1H3;3-6H,2H2,1H3;3H2,1-2H3;1-2H3;1-2H2/b16-15+,19-13?,20-18?;6-2+;;;;. The first-order chi connectivity index (χ1) is 21.2. The smallest absolute Gasteiger partial charge is 0.0437 e. The van der Waals surface area contributed by atoms with Crippen LogP contribution in [0.2, 0.25) is 0 Å². The van der Waals surface area contributed by atoms with Crippen LogP contribution in [-0.4, -0.2) is 24.0 Å². The van der Waals surface area contributed by atoms with Gasteiger partial charge in [0.25, 0.3) is 0 Å². The third-order valence-electron chi connectivity index (χ3n) is 5.61. The molecule has 0 N–H and O–H groups in total. The number of aryl methyl sites for hydroxylation is 1. The zero-order valence-electron chi connectivity index (χ0n) is 31.1. The number of pyridine rings is 1. The summed E-state index contributed by atoms with van der Waals surface area (Å²) in [7, 11) is 1.80. The summed E-state index contributed by atoms with van der Waals surface area (Å²) in [5.41, 5.74) is 7.32. The highest BCUT2D eigenvalue weighted by atomic mass is 14.8. The Morgan fingerprint density at radius 1 is 0.864 bits per heavy atom. The largest absolute Gasteiger partial charge is 0.296 e. The van der Waals surface area contributed by atoms with Gasteiger partial charge in [-0.15, -0.1) is 13.2 Å².